The number of hydrogen-bond acceptors (Lipinski definition) is 6. The van der Waals surface area contributed by atoms with E-state index in [1.54, 1.807) is 0 Å². The van der Waals surface area contributed by atoms with Crippen LogP contribution < -0.4 is 0 Å². The van der Waals surface area contributed by atoms with Crippen molar-refractivity contribution in [1.29, 1.82) is 0 Å². The van der Waals surface area contributed by atoms with Gasteiger partial charge in [0.05, 0.1) is 49.1 Å². The number of esters is 1. The number of aromatic nitrogens is 2. The van der Waals surface area contributed by atoms with Gasteiger partial charge in [0.25, 0.3) is 0 Å². The molecule has 5 rings (SSSR count). The zero-order chi connectivity index (χ0) is 20.6. The lowest BCUT2D eigenvalue weighted by atomic mass is 9.76. The van der Waals surface area contributed by atoms with Gasteiger partial charge in [-0.3, -0.25) is 14.5 Å². The molecule has 160 valence electrons. The standard InChI is InChI=1S/C22H28N4O4/c27-20(25-9-11-29-12-10-25)15-24-7-5-22(6-8-24)13-17(30-21(22)28)14-26-16-23-18-3-1-2-4-19(18)26/h1-4,16-17H,5-15H2. The number of nitrogens with zero attached hydrogens (tertiary/aromatic N) is 4. The van der Waals surface area contributed by atoms with Crippen molar-refractivity contribution in [1.82, 2.24) is 19.4 Å². The molecule has 3 aliphatic rings. The molecule has 0 N–H and O–H groups in total. The summed E-state index contributed by atoms with van der Waals surface area (Å²) >= 11 is 0. The van der Waals surface area contributed by atoms with Crippen molar-refractivity contribution in [3.63, 3.8) is 0 Å². The zero-order valence-electron chi connectivity index (χ0n) is 17.2. The summed E-state index contributed by atoms with van der Waals surface area (Å²) in [5.41, 5.74) is 1.61. The van der Waals surface area contributed by atoms with E-state index in [2.05, 4.69) is 14.5 Å². The highest BCUT2D eigenvalue weighted by Gasteiger charge is 2.50. The Morgan fingerprint density at radius 2 is 1.90 bits per heavy atom. The average molecular weight is 412 g/mol. The number of ether oxygens (including phenoxy) is 2. The first-order chi connectivity index (χ1) is 14.6. The molecule has 1 spiro atoms. The predicted molar refractivity (Wildman–Crippen MR) is 110 cm³/mol. The van der Waals surface area contributed by atoms with E-state index in [1.165, 1.54) is 0 Å². The molecule has 2 aromatic rings. The number of rotatable bonds is 4. The Balaban J connectivity index is 1.17. The van der Waals surface area contributed by atoms with Crippen molar-refractivity contribution in [2.75, 3.05) is 45.9 Å². The highest BCUT2D eigenvalue weighted by atomic mass is 16.6. The van der Waals surface area contributed by atoms with Crippen LogP contribution in [0.4, 0.5) is 0 Å². The van der Waals surface area contributed by atoms with Crippen molar-refractivity contribution >= 4 is 22.9 Å². The molecule has 0 bridgehead atoms. The molecule has 0 aliphatic carbocycles. The number of imidazole rings is 1. The number of hydrogen-bond donors (Lipinski definition) is 0. The van der Waals surface area contributed by atoms with Gasteiger partial charge >= 0.3 is 5.97 Å². The average Bonchev–Trinajstić information content (AvgIpc) is 3.31. The van der Waals surface area contributed by atoms with Gasteiger partial charge < -0.3 is 18.9 Å². The molecule has 1 aromatic carbocycles. The lowest BCUT2D eigenvalue weighted by Crippen LogP contribution is -2.49. The van der Waals surface area contributed by atoms with Gasteiger partial charge in [0.1, 0.15) is 6.10 Å². The van der Waals surface area contributed by atoms with Crippen molar-refractivity contribution < 1.29 is 19.1 Å². The number of amides is 1. The molecule has 3 fully saturated rings. The van der Waals surface area contributed by atoms with Gasteiger partial charge in [-0.05, 0) is 38.1 Å². The Kier molecular flexibility index (Phi) is 5.20. The van der Waals surface area contributed by atoms with E-state index in [4.69, 9.17) is 9.47 Å². The van der Waals surface area contributed by atoms with E-state index in [0.717, 1.165) is 43.4 Å². The fraction of sp³-hybridized carbons (Fsp3) is 0.591. The van der Waals surface area contributed by atoms with E-state index in [1.807, 2.05) is 35.5 Å². The number of carbonyl (C=O) groups excluding carboxylic acids is 2. The van der Waals surface area contributed by atoms with Crippen LogP contribution in [-0.4, -0.2) is 83.3 Å². The zero-order valence-corrected chi connectivity index (χ0v) is 17.2. The molecule has 8 heteroatoms. The van der Waals surface area contributed by atoms with Crippen LogP contribution in [0, 0.1) is 5.41 Å². The van der Waals surface area contributed by atoms with Gasteiger partial charge in [-0.1, -0.05) is 12.1 Å². The molecule has 8 nitrogen and oxygen atoms in total. The summed E-state index contributed by atoms with van der Waals surface area (Å²) in [5.74, 6) is 0.0872. The van der Waals surface area contributed by atoms with Gasteiger partial charge in [0.2, 0.25) is 5.91 Å². The quantitative estimate of drug-likeness (QED) is 0.705. The first-order valence-electron chi connectivity index (χ1n) is 10.8. The Labute approximate surface area is 175 Å². The van der Waals surface area contributed by atoms with Gasteiger partial charge in [-0.15, -0.1) is 0 Å². The minimum atomic E-state index is -0.403. The van der Waals surface area contributed by atoms with Crippen molar-refractivity contribution in [3.05, 3.63) is 30.6 Å². The molecule has 1 atom stereocenters. The van der Waals surface area contributed by atoms with Gasteiger partial charge in [-0.25, -0.2) is 4.98 Å². The summed E-state index contributed by atoms with van der Waals surface area (Å²) in [7, 11) is 0. The minimum absolute atomic E-state index is 0.0731. The van der Waals surface area contributed by atoms with Gasteiger partial charge in [0.15, 0.2) is 0 Å². The van der Waals surface area contributed by atoms with E-state index >= 15 is 0 Å². The summed E-state index contributed by atoms with van der Waals surface area (Å²) < 4.78 is 13.2. The maximum atomic E-state index is 12.8. The number of para-hydroxylation sites is 2. The van der Waals surface area contributed by atoms with Crippen molar-refractivity contribution in [3.8, 4) is 0 Å². The summed E-state index contributed by atoms with van der Waals surface area (Å²) in [6, 6.07) is 8.00. The number of carbonyl (C=O) groups is 2. The number of piperidine rings is 1. The second-order valence-electron chi connectivity index (χ2n) is 8.67. The lowest BCUT2D eigenvalue weighted by Gasteiger charge is -2.37. The van der Waals surface area contributed by atoms with Crippen LogP contribution in [0.25, 0.3) is 11.0 Å². The third-order valence-electron chi connectivity index (χ3n) is 6.79. The van der Waals surface area contributed by atoms with Crippen LogP contribution in [-0.2, 0) is 25.6 Å². The Morgan fingerprint density at radius 1 is 1.13 bits per heavy atom. The maximum Gasteiger partial charge on any atom is 0.312 e. The second-order valence-corrected chi connectivity index (χ2v) is 8.67. The normalized spacial score (nSPS) is 24.5. The Bertz CT molecular complexity index is 928. The number of likely N-dealkylation sites (tertiary alicyclic amines) is 1. The largest absolute Gasteiger partial charge is 0.460 e. The molecule has 0 saturated carbocycles. The number of fused-ring (bicyclic) bond motifs is 1. The van der Waals surface area contributed by atoms with Gasteiger partial charge in [-0.2, -0.15) is 0 Å². The summed E-state index contributed by atoms with van der Waals surface area (Å²) in [6.45, 7) is 5.16. The van der Waals surface area contributed by atoms with Crippen LogP contribution in [0.3, 0.4) is 0 Å². The minimum Gasteiger partial charge on any atom is -0.460 e. The Hall–Kier alpha value is -2.45. The third kappa shape index (κ3) is 3.70. The first-order valence-corrected chi connectivity index (χ1v) is 10.8. The smallest absolute Gasteiger partial charge is 0.312 e. The lowest BCUT2D eigenvalue weighted by molar-refractivity contribution is -0.151. The molecule has 1 unspecified atom stereocenters. The van der Waals surface area contributed by atoms with Crippen LogP contribution in [0.1, 0.15) is 19.3 Å². The number of morpholine rings is 1. The predicted octanol–water partition coefficient (Wildman–Crippen LogP) is 1.29. The highest BCUT2D eigenvalue weighted by molar-refractivity contribution is 5.80. The summed E-state index contributed by atoms with van der Waals surface area (Å²) in [6.07, 6.45) is 3.94. The van der Waals surface area contributed by atoms with E-state index in [0.29, 0.717) is 39.4 Å². The van der Waals surface area contributed by atoms with Crippen molar-refractivity contribution in [2.24, 2.45) is 5.41 Å². The summed E-state index contributed by atoms with van der Waals surface area (Å²) in [5, 5.41) is 0. The fourth-order valence-electron chi connectivity index (χ4n) is 4.97. The summed E-state index contributed by atoms with van der Waals surface area (Å²) in [4.78, 5) is 33.8. The van der Waals surface area contributed by atoms with E-state index < -0.39 is 5.41 Å². The van der Waals surface area contributed by atoms with E-state index in [-0.39, 0.29) is 18.0 Å². The number of benzene rings is 1. The van der Waals surface area contributed by atoms with Crippen LogP contribution in [0.2, 0.25) is 0 Å². The molecule has 3 aliphatic heterocycles. The molecule has 3 saturated heterocycles. The van der Waals surface area contributed by atoms with E-state index in [9.17, 15) is 9.59 Å². The fourth-order valence-corrected chi connectivity index (χ4v) is 4.97. The molecule has 4 heterocycles. The first kappa shape index (κ1) is 19.5. The number of cyclic esters (lactones) is 1. The molecular weight excluding hydrogens is 384 g/mol. The topological polar surface area (TPSA) is 76.9 Å². The Morgan fingerprint density at radius 3 is 2.70 bits per heavy atom. The van der Waals surface area contributed by atoms with Crippen LogP contribution in [0.15, 0.2) is 30.6 Å². The third-order valence-corrected chi connectivity index (χ3v) is 6.79. The maximum absolute atomic E-state index is 12.8. The molecular formula is C22H28N4O4. The monoisotopic (exact) mass is 412 g/mol. The molecule has 1 amide bonds. The van der Waals surface area contributed by atoms with Crippen LogP contribution >= 0.6 is 0 Å². The van der Waals surface area contributed by atoms with Gasteiger partial charge in [0, 0.05) is 19.5 Å². The highest BCUT2D eigenvalue weighted by Crippen LogP contribution is 2.43. The second kappa shape index (κ2) is 8.00. The SMILES string of the molecule is O=C(CN1CCC2(CC1)CC(Cn1cnc3ccccc31)OC2=O)N1CCOCC1. The molecule has 1 aromatic heterocycles. The van der Waals surface area contributed by atoms with Crippen LogP contribution in [0.5, 0.6) is 0 Å². The molecule has 0 radical (unpaired) electrons. The van der Waals surface area contributed by atoms with Crippen molar-refractivity contribution in [2.45, 2.75) is 31.9 Å². The molecule has 30 heavy (non-hydrogen) atoms.